The standard InChI is InChI=1S/C22H35F2N5.HI/c1-3-10-28-11-8-18(9-12-28)27-22(25-4-2)26-15-17-7-13-29(16-17)19-5-6-20(23)21(24)14-19;/h5-6,14,17-18H,3-4,7-13,15-16H2,1-2H3,(H2,25,26,27);1H. The highest BCUT2D eigenvalue weighted by Gasteiger charge is 2.24. The van der Waals surface area contributed by atoms with E-state index in [2.05, 4.69) is 34.3 Å². The van der Waals surface area contributed by atoms with E-state index in [-0.39, 0.29) is 24.0 Å². The van der Waals surface area contributed by atoms with Crippen LogP contribution in [0.15, 0.2) is 23.2 Å². The van der Waals surface area contributed by atoms with Crippen LogP contribution >= 0.6 is 24.0 Å². The lowest BCUT2D eigenvalue weighted by atomic mass is 10.1. The molecule has 1 unspecified atom stereocenters. The third-order valence-corrected chi connectivity index (χ3v) is 5.87. The highest BCUT2D eigenvalue weighted by atomic mass is 127. The highest BCUT2D eigenvalue weighted by Crippen LogP contribution is 2.25. The van der Waals surface area contributed by atoms with Crippen LogP contribution in [0.4, 0.5) is 14.5 Å². The zero-order valence-electron chi connectivity index (χ0n) is 18.2. The molecule has 1 atom stereocenters. The van der Waals surface area contributed by atoms with Crippen molar-refractivity contribution in [3.63, 3.8) is 0 Å². The number of nitrogens with zero attached hydrogens (tertiary/aromatic N) is 3. The first-order valence-electron chi connectivity index (χ1n) is 11.1. The van der Waals surface area contributed by atoms with Gasteiger partial charge in [0.2, 0.25) is 0 Å². The predicted octanol–water partition coefficient (Wildman–Crippen LogP) is 3.84. The summed E-state index contributed by atoms with van der Waals surface area (Å²) < 4.78 is 26.7. The van der Waals surface area contributed by atoms with Crippen LogP contribution < -0.4 is 15.5 Å². The summed E-state index contributed by atoms with van der Waals surface area (Å²) >= 11 is 0. The Morgan fingerprint density at radius 3 is 2.53 bits per heavy atom. The molecule has 2 aliphatic heterocycles. The molecule has 5 nitrogen and oxygen atoms in total. The normalized spacial score (nSPS) is 20.9. The van der Waals surface area contributed by atoms with Crippen LogP contribution in [0.5, 0.6) is 0 Å². The maximum absolute atomic E-state index is 13.5. The highest BCUT2D eigenvalue weighted by molar-refractivity contribution is 14.0. The van der Waals surface area contributed by atoms with Crippen molar-refractivity contribution in [1.82, 2.24) is 15.5 Å². The predicted molar refractivity (Wildman–Crippen MR) is 131 cm³/mol. The molecule has 0 amide bonds. The zero-order chi connectivity index (χ0) is 20.6. The van der Waals surface area contributed by atoms with Crippen molar-refractivity contribution in [2.75, 3.05) is 50.7 Å². The van der Waals surface area contributed by atoms with Crippen molar-refractivity contribution >= 4 is 35.6 Å². The fraction of sp³-hybridized carbons (Fsp3) is 0.682. The minimum Gasteiger partial charge on any atom is -0.371 e. The van der Waals surface area contributed by atoms with Crippen molar-refractivity contribution in [3.05, 3.63) is 29.8 Å². The van der Waals surface area contributed by atoms with Crippen molar-refractivity contribution in [2.45, 2.75) is 45.6 Å². The number of hydrogen-bond donors (Lipinski definition) is 2. The minimum atomic E-state index is -0.795. The van der Waals surface area contributed by atoms with Gasteiger partial charge in [-0.2, -0.15) is 0 Å². The lowest BCUT2D eigenvalue weighted by Crippen LogP contribution is -2.48. The number of hydrogen-bond acceptors (Lipinski definition) is 3. The Bertz CT molecular complexity index is 679. The molecule has 2 fully saturated rings. The van der Waals surface area contributed by atoms with Crippen molar-refractivity contribution in [1.29, 1.82) is 0 Å². The Morgan fingerprint density at radius 2 is 1.87 bits per heavy atom. The molecule has 2 saturated heterocycles. The van der Waals surface area contributed by atoms with Crippen LogP contribution in [0.1, 0.15) is 39.5 Å². The summed E-state index contributed by atoms with van der Waals surface area (Å²) in [7, 11) is 0. The third-order valence-electron chi connectivity index (χ3n) is 5.87. The van der Waals surface area contributed by atoms with Gasteiger partial charge in [-0.15, -0.1) is 24.0 Å². The number of guanidine groups is 1. The quantitative estimate of drug-likeness (QED) is 0.317. The van der Waals surface area contributed by atoms with Crippen LogP contribution in [-0.2, 0) is 0 Å². The molecule has 8 heteroatoms. The molecule has 30 heavy (non-hydrogen) atoms. The van der Waals surface area contributed by atoms with Crippen LogP contribution in [0, 0.1) is 17.6 Å². The summed E-state index contributed by atoms with van der Waals surface area (Å²) in [6, 6.07) is 4.62. The fourth-order valence-electron chi connectivity index (χ4n) is 4.25. The molecule has 2 N–H and O–H groups in total. The number of halogens is 3. The number of benzene rings is 1. The second-order valence-electron chi connectivity index (χ2n) is 8.18. The Kier molecular flexibility index (Phi) is 10.6. The van der Waals surface area contributed by atoms with Crippen molar-refractivity contribution in [3.8, 4) is 0 Å². The van der Waals surface area contributed by atoms with Crippen LogP contribution in [0.25, 0.3) is 0 Å². The van der Waals surface area contributed by atoms with Crippen LogP contribution in [-0.4, -0.2) is 62.7 Å². The van der Waals surface area contributed by atoms with Gasteiger partial charge >= 0.3 is 0 Å². The molecule has 0 radical (unpaired) electrons. The Hall–Kier alpha value is -1.16. The summed E-state index contributed by atoms with van der Waals surface area (Å²) in [4.78, 5) is 9.48. The van der Waals surface area contributed by atoms with E-state index in [1.807, 2.05) is 0 Å². The molecule has 0 saturated carbocycles. The molecule has 1 aromatic carbocycles. The van der Waals surface area contributed by atoms with Gasteiger partial charge in [-0.25, -0.2) is 8.78 Å². The average Bonchev–Trinajstić information content (AvgIpc) is 3.19. The van der Waals surface area contributed by atoms with Gasteiger partial charge in [-0.1, -0.05) is 6.92 Å². The topological polar surface area (TPSA) is 42.9 Å². The molecule has 0 aromatic heterocycles. The van der Waals surface area contributed by atoms with Gasteiger partial charge in [-0.3, -0.25) is 4.99 Å². The zero-order valence-corrected chi connectivity index (χ0v) is 20.5. The molecule has 2 aliphatic rings. The van der Waals surface area contributed by atoms with Gasteiger partial charge < -0.3 is 20.4 Å². The number of anilines is 1. The Labute approximate surface area is 196 Å². The van der Waals surface area contributed by atoms with E-state index in [0.29, 0.717) is 12.0 Å². The molecule has 0 bridgehead atoms. The molecule has 170 valence electrons. The fourth-order valence-corrected chi connectivity index (χ4v) is 4.25. The summed E-state index contributed by atoms with van der Waals surface area (Å²) in [6.07, 6.45) is 4.53. The molecule has 1 aromatic rings. The summed E-state index contributed by atoms with van der Waals surface area (Å²) in [5, 5.41) is 6.97. The van der Waals surface area contributed by atoms with Gasteiger partial charge in [0.1, 0.15) is 0 Å². The SMILES string of the molecule is CCCN1CCC(NC(=NCC2CCN(c3ccc(F)c(F)c3)C2)NCC)CC1.I. The van der Waals surface area contributed by atoms with Gasteiger partial charge in [0.25, 0.3) is 0 Å². The average molecular weight is 535 g/mol. The third kappa shape index (κ3) is 7.21. The number of piperidine rings is 1. The first-order valence-corrected chi connectivity index (χ1v) is 11.1. The van der Waals surface area contributed by atoms with Gasteiger partial charge in [-0.05, 0) is 57.2 Å². The molecule has 0 spiro atoms. The molecular formula is C22H36F2IN5. The van der Waals surface area contributed by atoms with E-state index in [1.54, 1.807) is 6.07 Å². The summed E-state index contributed by atoms with van der Waals surface area (Å²) in [6.45, 7) is 11.1. The molecular weight excluding hydrogens is 499 g/mol. The van der Waals surface area contributed by atoms with Gasteiger partial charge in [0, 0.05) is 57.1 Å². The minimum absolute atomic E-state index is 0. The van der Waals surface area contributed by atoms with E-state index in [9.17, 15) is 8.78 Å². The smallest absolute Gasteiger partial charge is 0.191 e. The number of rotatable bonds is 7. The van der Waals surface area contributed by atoms with E-state index in [0.717, 1.165) is 70.2 Å². The van der Waals surface area contributed by atoms with E-state index in [4.69, 9.17) is 4.99 Å². The van der Waals surface area contributed by atoms with Crippen LogP contribution in [0.2, 0.25) is 0 Å². The maximum Gasteiger partial charge on any atom is 0.191 e. The Balaban J connectivity index is 0.00000320. The second-order valence-corrected chi connectivity index (χ2v) is 8.18. The lowest BCUT2D eigenvalue weighted by molar-refractivity contribution is 0.206. The maximum atomic E-state index is 13.5. The monoisotopic (exact) mass is 535 g/mol. The van der Waals surface area contributed by atoms with Crippen molar-refractivity contribution < 1.29 is 8.78 Å². The van der Waals surface area contributed by atoms with E-state index in [1.165, 1.54) is 25.1 Å². The van der Waals surface area contributed by atoms with E-state index >= 15 is 0 Å². The second kappa shape index (κ2) is 12.6. The molecule has 3 rings (SSSR count). The van der Waals surface area contributed by atoms with Crippen LogP contribution in [0.3, 0.4) is 0 Å². The Morgan fingerprint density at radius 1 is 1.10 bits per heavy atom. The number of likely N-dealkylation sites (tertiary alicyclic amines) is 1. The lowest BCUT2D eigenvalue weighted by Gasteiger charge is -2.32. The molecule has 0 aliphatic carbocycles. The first kappa shape index (κ1) is 25.1. The summed E-state index contributed by atoms with van der Waals surface area (Å²) in [5.74, 6) is -0.263. The number of aliphatic imine (C=N–C) groups is 1. The first-order chi connectivity index (χ1) is 14.1. The molecule has 2 heterocycles. The van der Waals surface area contributed by atoms with E-state index < -0.39 is 11.6 Å². The van der Waals surface area contributed by atoms with Gasteiger partial charge in [0.15, 0.2) is 17.6 Å². The summed E-state index contributed by atoms with van der Waals surface area (Å²) in [5.41, 5.74) is 0.749. The van der Waals surface area contributed by atoms with Crippen molar-refractivity contribution in [2.24, 2.45) is 10.9 Å². The van der Waals surface area contributed by atoms with Gasteiger partial charge in [0.05, 0.1) is 0 Å². The largest absolute Gasteiger partial charge is 0.371 e. The number of nitrogens with one attached hydrogen (secondary N) is 2.